The van der Waals surface area contributed by atoms with Crippen LogP contribution in [-0.2, 0) is 22.6 Å². The predicted molar refractivity (Wildman–Crippen MR) is 226 cm³/mol. The molecule has 0 aliphatic rings. The molecular weight excluding hydrogens is 763 g/mol. The van der Waals surface area contributed by atoms with E-state index in [1.54, 1.807) is 0 Å². The zero-order valence-corrected chi connectivity index (χ0v) is 36.8. The number of carbonyl (C=O) groups excluding carboxylic acids is 2. The van der Waals surface area contributed by atoms with Gasteiger partial charge in [0, 0.05) is 6.42 Å². The topological polar surface area (TPSA) is 58.2 Å². The molecule has 0 aliphatic carbocycles. The van der Waals surface area contributed by atoms with Crippen LogP contribution in [0.1, 0.15) is 205 Å². The normalized spacial score (nSPS) is 11.9. The van der Waals surface area contributed by atoms with E-state index < -0.39 is 0 Å². The molecule has 2 rings (SSSR count). The molecule has 0 heterocycles. The zero-order valence-electron chi connectivity index (χ0n) is 34.6. The molecule has 2 aromatic rings. The summed E-state index contributed by atoms with van der Waals surface area (Å²) < 4.78 is 0.285. The number of hydrogen-bond donors (Lipinski definition) is 2. The summed E-state index contributed by atoms with van der Waals surface area (Å²) in [7, 11) is 0. The molecular formula is C48H80IN2O2-. The van der Waals surface area contributed by atoms with Crippen LogP contribution in [0.3, 0.4) is 0 Å². The molecule has 0 fully saturated rings. The van der Waals surface area contributed by atoms with Gasteiger partial charge in [0.05, 0.1) is 0 Å². The molecule has 53 heavy (non-hydrogen) atoms. The Bertz CT molecular complexity index is 1150. The average molecular weight is 844 g/mol. The second kappa shape index (κ2) is 33.4. The van der Waals surface area contributed by atoms with Crippen LogP contribution in [0.5, 0.6) is 0 Å². The molecule has 0 saturated carbocycles. The van der Waals surface area contributed by atoms with Crippen molar-refractivity contribution >= 4 is 11.8 Å². The molecule has 0 saturated heterocycles. The van der Waals surface area contributed by atoms with Crippen LogP contribution in [0.2, 0.25) is 0 Å². The molecule has 2 amide bonds. The Morgan fingerprint density at radius 2 is 0.811 bits per heavy atom. The fourth-order valence-electron chi connectivity index (χ4n) is 7.18. The number of carbonyl (C=O) groups is 2. The van der Waals surface area contributed by atoms with Crippen molar-refractivity contribution < 1.29 is 30.8 Å². The number of halogens is 1. The Kier molecular flexibility index (Phi) is 29.8. The van der Waals surface area contributed by atoms with E-state index in [9.17, 15) is 9.59 Å². The van der Waals surface area contributed by atoms with Gasteiger partial charge >= 0.3 is 193 Å². The van der Waals surface area contributed by atoms with Gasteiger partial charge in [-0.15, -0.1) is 0 Å². The van der Waals surface area contributed by atoms with E-state index >= 15 is 0 Å². The van der Waals surface area contributed by atoms with Crippen LogP contribution >= 0.6 is 0 Å². The molecule has 4 nitrogen and oxygen atoms in total. The Labute approximate surface area is 337 Å². The third-order valence-electron chi connectivity index (χ3n) is 10.7. The van der Waals surface area contributed by atoms with Crippen molar-refractivity contribution in [2.45, 2.75) is 211 Å². The summed E-state index contributed by atoms with van der Waals surface area (Å²) in [6.07, 6.45) is 36.7. The van der Waals surface area contributed by atoms with Crippen LogP contribution < -0.4 is 31.8 Å². The molecule has 1 atom stereocenters. The van der Waals surface area contributed by atoms with Gasteiger partial charge in [0.25, 0.3) is 0 Å². The first-order valence-electron chi connectivity index (χ1n) is 22.3. The van der Waals surface area contributed by atoms with E-state index in [4.69, 9.17) is 0 Å². The summed E-state index contributed by atoms with van der Waals surface area (Å²) in [5.41, 5.74) is 4.79. The number of unbranched alkanes of at least 4 members (excludes halogenated alkanes) is 24. The molecule has 0 bridgehead atoms. The molecule has 0 unspecified atom stereocenters. The third kappa shape index (κ3) is 25.8. The minimum absolute atomic E-state index is 0.0953. The summed E-state index contributed by atoms with van der Waals surface area (Å²) in [5.74, 6) is 0.392. The van der Waals surface area contributed by atoms with Crippen molar-refractivity contribution in [2.24, 2.45) is 0 Å². The SMILES string of the molecule is CCCCCCCCCCCCCCCC(=O)NCc1ccc(-c2ccc(C[C@H](NC(=O)CCCCCCCCCCCCCCC)[I-]C)cc2)cc1. The Morgan fingerprint density at radius 1 is 0.472 bits per heavy atom. The van der Waals surface area contributed by atoms with Gasteiger partial charge < -0.3 is 0 Å². The maximum atomic E-state index is 12.7. The second-order valence-electron chi connectivity index (χ2n) is 15.6. The maximum absolute atomic E-state index is 12.7. The first-order valence-corrected chi connectivity index (χ1v) is 25.7. The first-order chi connectivity index (χ1) is 26.0. The molecule has 302 valence electrons. The number of rotatable bonds is 35. The molecule has 0 spiro atoms. The van der Waals surface area contributed by atoms with E-state index in [1.165, 1.54) is 164 Å². The van der Waals surface area contributed by atoms with Crippen molar-refractivity contribution in [3.05, 3.63) is 59.7 Å². The standard InChI is InChI=1S/C48H80IN2O2/c1-4-6-8-10-12-14-16-18-20-22-24-26-28-30-47(52)50-41-43-34-38-45(39-35-43)44-36-32-42(33-37-44)40-46(49-3)51-48(53)31-29-27-25-23-21-19-17-15-13-11-9-7-5-2/h32-39,46H,4-31,40-41H2,1-3H3,(H,50,52)(H,51,53)/q-1/t46-/m0/s1. The molecule has 2 N–H and O–H groups in total. The summed E-state index contributed by atoms with van der Waals surface area (Å²) in [5, 5.41) is 6.46. The Morgan fingerprint density at radius 3 is 1.19 bits per heavy atom. The van der Waals surface area contributed by atoms with Crippen LogP contribution in [-0.4, -0.2) is 20.8 Å². The molecule has 0 radical (unpaired) electrons. The van der Waals surface area contributed by atoms with Crippen LogP contribution in [0, 0.1) is 0 Å². The van der Waals surface area contributed by atoms with E-state index in [2.05, 4.69) is 77.9 Å². The Hall–Kier alpha value is -1.89. The minimum atomic E-state index is -0.0953. The van der Waals surface area contributed by atoms with Crippen LogP contribution in [0.25, 0.3) is 11.1 Å². The monoisotopic (exact) mass is 844 g/mol. The average Bonchev–Trinajstić information content (AvgIpc) is 3.18. The molecule has 2 aromatic carbocycles. The first kappa shape index (κ1) is 47.3. The van der Waals surface area contributed by atoms with E-state index in [0.29, 0.717) is 19.4 Å². The van der Waals surface area contributed by atoms with Crippen LogP contribution in [0.15, 0.2) is 48.5 Å². The summed E-state index contributed by atoms with van der Waals surface area (Å²) in [4.78, 5) is 27.4. The molecule has 0 aromatic heterocycles. The van der Waals surface area contributed by atoms with E-state index in [1.807, 2.05) is 0 Å². The summed E-state index contributed by atoms with van der Waals surface area (Å²) in [6, 6.07) is 17.4. The second-order valence-corrected chi connectivity index (χ2v) is 18.4. The van der Waals surface area contributed by atoms with Gasteiger partial charge in [0.2, 0.25) is 5.91 Å². The molecule has 0 aliphatic heterocycles. The predicted octanol–water partition coefficient (Wildman–Crippen LogP) is 10.6. The van der Waals surface area contributed by atoms with Gasteiger partial charge in [-0.2, -0.15) is 0 Å². The van der Waals surface area contributed by atoms with Gasteiger partial charge in [0.15, 0.2) is 0 Å². The van der Waals surface area contributed by atoms with Crippen LogP contribution in [0.4, 0.5) is 0 Å². The number of alkyl halides is 2. The summed E-state index contributed by atoms with van der Waals surface area (Å²) in [6.45, 7) is 5.15. The quantitative estimate of drug-likeness (QED) is 0.0314. The van der Waals surface area contributed by atoms with Crippen molar-refractivity contribution in [3.8, 4) is 11.1 Å². The van der Waals surface area contributed by atoms with Crippen molar-refractivity contribution in [1.29, 1.82) is 0 Å². The van der Waals surface area contributed by atoms with Gasteiger partial charge in [-0.25, -0.2) is 0 Å². The fourth-order valence-corrected chi connectivity index (χ4v) is 8.79. The number of amides is 2. The van der Waals surface area contributed by atoms with Crippen molar-refractivity contribution in [2.75, 3.05) is 4.93 Å². The zero-order chi connectivity index (χ0) is 38.0. The van der Waals surface area contributed by atoms with Gasteiger partial charge in [-0.3, -0.25) is 4.79 Å². The van der Waals surface area contributed by atoms with E-state index in [0.717, 1.165) is 31.2 Å². The Balaban J connectivity index is 1.53. The molecule has 5 heteroatoms. The van der Waals surface area contributed by atoms with Gasteiger partial charge in [-0.1, -0.05) is 123 Å². The van der Waals surface area contributed by atoms with Gasteiger partial charge in [0.1, 0.15) is 0 Å². The van der Waals surface area contributed by atoms with Crippen molar-refractivity contribution in [3.63, 3.8) is 0 Å². The fraction of sp³-hybridized carbons (Fsp3) is 0.708. The number of nitrogens with one attached hydrogen (secondary N) is 2. The van der Waals surface area contributed by atoms with E-state index in [-0.39, 0.29) is 37.1 Å². The summed E-state index contributed by atoms with van der Waals surface area (Å²) >= 11 is -0.0953. The number of benzene rings is 2. The third-order valence-corrected chi connectivity index (χ3v) is 13.0. The van der Waals surface area contributed by atoms with Crippen molar-refractivity contribution in [1.82, 2.24) is 10.6 Å². The van der Waals surface area contributed by atoms with Gasteiger partial charge in [-0.05, 0) is 6.42 Å². The number of hydrogen-bond acceptors (Lipinski definition) is 2.